The van der Waals surface area contributed by atoms with Crippen LogP contribution < -0.4 is 5.73 Å². The fraction of sp³-hybridized carbons (Fsp3) is 0.611. The number of aliphatic carboxylic acids is 1. The number of rotatable bonds is 9. The maximum absolute atomic E-state index is 11.5. The van der Waals surface area contributed by atoms with Gasteiger partial charge in [-0.05, 0) is 43.4 Å². The van der Waals surface area contributed by atoms with Crippen molar-refractivity contribution in [1.29, 1.82) is 0 Å². The zero-order valence-electron chi connectivity index (χ0n) is 13.8. The number of hydrogen-bond donors (Lipinski definition) is 2. The number of unbranched alkanes of at least 4 members (excludes halogenated alkanes) is 1. The number of hydrogen-bond acceptors (Lipinski definition) is 3. The molecule has 1 aliphatic rings. The van der Waals surface area contributed by atoms with E-state index >= 15 is 0 Å². The molecule has 1 aromatic rings. The van der Waals surface area contributed by atoms with E-state index in [1.165, 1.54) is 11.1 Å². The molecule has 23 heavy (non-hydrogen) atoms. The predicted molar refractivity (Wildman–Crippen MR) is 93.6 cm³/mol. The molecule has 1 heterocycles. The van der Waals surface area contributed by atoms with Crippen molar-refractivity contribution in [3.63, 3.8) is 0 Å². The first-order valence-corrected chi connectivity index (χ1v) is 8.56. The Morgan fingerprint density at radius 2 is 1.91 bits per heavy atom. The van der Waals surface area contributed by atoms with Crippen LogP contribution in [0.4, 0.5) is 0 Å². The Balaban J connectivity index is 1.80. The number of benzene rings is 1. The normalized spacial score (nSPS) is 17.4. The van der Waals surface area contributed by atoms with Gasteiger partial charge >= 0.3 is 5.97 Å². The largest absolute Gasteiger partial charge is 0.480 e. The molecule has 0 saturated carbocycles. The van der Waals surface area contributed by atoms with E-state index in [1.807, 2.05) is 0 Å². The van der Waals surface area contributed by atoms with E-state index in [-0.39, 0.29) is 0 Å². The molecule has 2 radical (unpaired) electrons. The molecule has 0 saturated heterocycles. The van der Waals surface area contributed by atoms with E-state index < -0.39 is 11.5 Å². The summed E-state index contributed by atoms with van der Waals surface area (Å²) in [5.41, 5.74) is 7.83. The second-order valence-corrected chi connectivity index (χ2v) is 6.61. The average Bonchev–Trinajstić information content (AvgIpc) is 2.55. The van der Waals surface area contributed by atoms with Gasteiger partial charge in [-0.25, -0.2) is 0 Å². The first kappa shape index (κ1) is 18.0. The molecule has 0 bridgehead atoms. The molecule has 0 aromatic heterocycles. The summed E-state index contributed by atoms with van der Waals surface area (Å²) < 4.78 is 0. The van der Waals surface area contributed by atoms with Gasteiger partial charge in [0.2, 0.25) is 0 Å². The summed E-state index contributed by atoms with van der Waals surface area (Å²) in [7, 11) is 5.48. The molecule has 0 aliphatic carbocycles. The lowest BCUT2D eigenvalue weighted by Gasteiger charge is -2.30. The highest BCUT2D eigenvalue weighted by Crippen LogP contribution is 2.22. The lowest BCUT2D eigenvalue weighted by atomic mass is 9.87. The monoisotopic (exact) mass is 314 g/mol. The van der Waals surface area contributed by atoms with Crippen LogP contribution in [0.2, 0.25) is 6.32 Å². The quantitative estimate of drug-likeness (QED) is 0.542. The Labute approximate surface area is 140 Å². The van der Waals surface area contributed by atoms with Crippen LogP contribution in [0.3, 0.4) is 0 Å². The smallest absolute Gasteiger partial charge is 0.323 e. The highest BCUT2D eigenvalue weighted by Gasteiger charge is 2.32. The van der Waals surface area contributed by atoms with Gasteiger partial charge in [-0.15, -0.1) is 0 Å². The van der Waals surface area contributed by atoms with Gasteiger partial charge in [-0.1, -0.05) is 43.4 Å². The Hall–Kier alpha value is -1.33. The zero-order valence-corrected chi connectivity index (χ0v) is 13.8. The van der Waals surface area contributed by atoms with Gasteiger partial charge in [0.15, 0.2) is 0 Å². The van der Waals surface area contributed by atoms with Crippen molar-refractivity contribution in [2.75, 3.05) is 13.1 Å². The van der Waals surface area contributed by atoms with Crippen molar-refractivity contribution in [3.05, 3.63) is 35.4 Å². The fourth-order valence-corrected chi connectivity index (χ4v) is 3.29. The first-order chi connectivity index (χ1) is 11.0. The van der Waals surface area contributed by atoms with Crippen LogP contribution >= 0.6 is 0 Å². The summed E-state index contributed by atoms with van der Waals surface area (Å²) in [5.74, 6) is -0.890. The van der Waals surface area contributed by atoms with E-state index in [1.54, 1.807) is 0 Å². The highest BCUT2D eigenvalue weighted by molar-refractivity contribution is 6.08. The minimum Gasteiger partial charge on any atom is -0.480 e. The standard InChI is InChI=1S/C18H27BN2O2/c19-11-4-3-9-18(20,17(22)23)10-5-12-21-13-8-15-6-1-2-7-16(15)14-21/h1-2,6-7H,3-5,8-14,20H2,(H,22,23). The lowest BCUT2D eigenvalue weighted by molar-refractivity contribution is -0.144. The van der Waals surface area contributed by atoms with Gasteiger partial charge in [0.05, 0.1) is 7.85 Å². The molecule has 1 aromatic carbocycles. The highest BCUT2D eigenvalue weighted by atomic mass is 16.4. The summed E-state index contributed by atoms with van der Waals surface area (Å²) in [4.78, 5) is 13.9. The van der Waals surface area contributed by atoms with E-state index in [2.05, 4.69) is 29.2 Å². The fourth-order valence-electron chi connectivity index (χ4n) is 3.29. The van der Waals surface area contributed by atoms with Crippen molar-refractivity contribution in [2.24, 2.45) is 5.73 Å². The maximum Gasteiger partial charge on any atom is 0.323 e. The van der Waals surface area contributed by atoms with Crippen LogP contribution in [0.25, 0.3) is 0 Å². The number of carbonyl (C=O) groups is 1. The maximum atomic E-state index is 11.5. The van der Waals surface area contributed by atoms with Crippen molar-refractivity contribution < 1.29 is 9.90 Å². The Bertz CT molecular complexity index is 523. The van der Waals surface area contributed by atoms with Gasteiger partial charge < -0.3 is 10.8 Å². The van der Waals surface area contributed by atoms with Crippen LogP contribution in [-0.2, 0) is 17.8 Å². The Kier molecular flexibility index (Phi) is 6.66. The number of carboxylic acid groups (broad SMARTS) is 1. The number of nitrogens with two attached hydrogens (primary N) is 1. The Morgan fingerprint density at radius 3 is 2.61 bits per heavy atom. The molecule has 5 heteroatoms. The van der Waals surface area contributed by atoms with Crippen molar-refractivity contribution >= 4 is 13.8 Å². The van der Waals surface area contributed by atoms with Crippen LogP contribution in [0, 0.1) is 0 Å². The molecule has 2 rings (SSSR count). The van der Waals surface area contributed by atoms with Gasteiger partial charge in [-0.2, -0.15) is 0 Å². The van der Waals surface area contributed by atoms with Gasteiger partial charge in [0, 0.05) is 13.1 Å². The third-order valence-electron chi connectivity index (χ3n) is 4.81. The summed E-state index contributed by atoms with van der Waals surface area (Å²) in [6.45, 7) is 2.89. The van der Waals surface area contributed by atoms with Crippen LogP contribution in [0.5, 0.6) is 0 Å². The third-order valence-corrected chi connectivity index (χ3v) is 4.81. The molecule has 0 amide bonds. The summed E-state index contributed by atoms with van der Waals surface area (Å²) >= 11 is 0. The van der Waals surface area contributed by atoms with E-state index in [9.17, 15) is 9.90 Å². The number of nitrogens with zero attached hydrogens (tertiary/aromatic N) is 1. The molecule has 3 N–H and O–H groups in total. The SMILES string of the molecule is [B]CCCCC(N)(CCCN1CCc2ccccc2C1)C(=O)O. The third kappa shape index (κ3) is 5.08. The number of fused-ring (bicyclic) bond motifs is 1. The summed E-state index contributed by atoms with van der Waals surface area (Å²) in [6.07, 6.45) is 5.09. The number of carboxylic acids is 1. The molecular weight excluding hydrogens is 287 g/mol. The predicted octanol–water partition coefficient (Wildman–Crippen LogP) is 2.36. The lowest BCUT2D eigenvalue weighted by Crippen LogP contribution is -2.48. The van der Waals surface area contributed by atoms with Gasteiger partial charge in [-0.3, -0.25) is 9.69 Å². The summed E-state index contributed by atoms with van der Waals surface area (Å²) in [6, 6.07) is 8.54. The van der Waals surface area contributed by atoms with Crippen molar-refractivity contribution in [3.8, 4) is 0 Å². The molecule has 1 atom stereocenters. The topological polar surface area (TPSA) is 66.6 Å². The molecule has 4 nitrogen and oxygen atoms in total. The molecule has 1 aliphatic heterocycles. The average molecular weight is 314 g/mol. The van der Waals surface area contributed by atoms with E-state index in [4.69, 9.17) is 13.6 Å². The van der Waals surface area contributed by atoms with Gasteiger partial charge in [0.25, 0.3) is 0 Å². The van der Waals surface area contributed by atoms with Crippen LogP contribution in [0.15, 0.2) is 24.3 Å². The molecule has 1 unspecified atom stereocenters. The molecule has 0 fully saturated rings. The van der Waals surface area contributed by atoms with E-state index in [0.29, 0.717) is 19.2 Å². The molecule has 124 valence electrons. The van der Waals surface area contributed by atoms with Crippen molar-refractivity contribution in [1.82, 2.24) is 4.90 Å². The molecular formula is C18H27BN2O2. The molecule has 0 spiro atoms. The van der Waals surface area contributed by atoms with Crippen LogP contribution in [0.1, 0.15) is 43.2 Å². The van der Waals surface area contributed by atoms with Gasteiger partial charge in [0.1, 0.15) is 5.54 Å². The Morgan fingerprint density at radius 1 is 1.22 bits per heavy atom. The minimum atomic E-state index is -1.11. The van der Waals surface area contributed by atoms with Crippen molar-refractivity contribution in [2.45, 2.75) is 56.9 Å². The van der Waals surface area contributed by atoms with Crippen LogP contribution in [-0.4, -0.2) is 42.5 Å². The second-order valence-electron chi connectivity index (χ2n) is 6.61. The zero-order chi connectivity index (χ0) is 16.7. The summed E-state index contributed by atoms with van der Waals surface area (Å²) in [5, 5.41) is 9.43. The van der Waals surface area contributed by atoms with E-state index in [0.717, 1.165) is 45.3 Å². The minimum absolute atomic E-state index is 0.502. The second kappa shape index (κ2) is 8.51. The first-order valence-electron chi connectivity index (χ1n) is 8.56.